The van der Waals surface area contributed by atoms with Gasteiger partial charge in [-0.15, -0.1) is 0 Å². The van der Waals surface area contributed by atoms with Crippen molar-refractivity contribution in [2.24, 2.45) is 0 Å². The molecule has 0 aliphatic rings. The summed E-state index contributed by atoms with van der Waals surface area (Å²) in [5.41, 5.74) is 11.5. The number of anilines is 1. The molecule has 0 unspecified atom stereocenters. The number of hydrogen-bond donors (Lipinski definition) is 1. The molecule has 2 N–H and O–H groups in total. The van der Waals surface area contributed by atoms with Gasteiger partial charge in [0.15, 0.2) is 5.82 Å². The number of benzene rings is 2. The standard InChI is InChI=1S/C21H15N5/c1-13-17(15-5-2-4-14(10-15)11-22)7-8-18-19(13)20(23)26-21(25-18)16-6-3-9-24-12-16/h2-10,12H,1H3,(H2,23,25,26). The summed E-state index contributed by atoms with van der Waals surface area (Å²) in [6.07, 6.45) is 3.43. The van der Waals surface area contributed by atoms with Gasteiger partial charge >= 0.3 is 0 Å². The number of aromatic nitrogens is 3. The first-order chi connectivity index (χ1) is 12.7. The topological polar surface area (TPSA) is 88.5 Å². The van der Waals surface area contributed by atoms with Gasteiger partial charge in [-0.2, -0.15) is 5.26 Å². The lowest BCUT2D eigenvalue weighted by Gasteiger charge is -2.12. The molecule has 0 radical (unpaired) electrons. The quantitative estimate of drug-likeness (QED) is 0.594. The summed E-state index contributed by atoms with van der Waals surface area (Å²) in [4.78, 5) is 13.2. The zero-order chi connectivity index (χ0) is 18.1. The Morgan fingerprint density at radius 2 is 1.85 bits per heavy atom. The average molecular weight is 337 g/mol. The number of aryl methyl sites for hydroxylation is 1. The molecule has 0 aliphatic carbocycles. The molecule has 0 fully saturated rings. The zero-order valence-corrected chi connectivity index (χ0v) is 14.1. The molecule has 2 heterocycles. The second kappa shape index (κ2) is 6.26. The maximum Gasteiger partial charge on any atom is 0.163 e. The van der Waals surface area contributed by atoms with Gasteiger partial charge in [-0.25, -0.2) is 9.97 Å². The van der Waals surface area contributed by atoms with E-state index in [9.17, 15) is 0 Å². The molecule has 4 rings (SSSR count). The molecule has 4 aromatic rings. The Bertz CT molecular complexity index is 1160. The van der Waals surface area contributed by atoms with Gasteiger partial charge in [-0.3, -0.25) is 4.98 Å². The van der Waals surface area contributed by atoms with Gasteiger partial charge in [0.1, 0.15) is 5.82 Å². The predicted octanol–water partition coefficient (Wildman–Crippen LogP) is 4.12. The van der Waals surface area contributed by atoms with Crippen molar-refractivity contribution in [3.63, 3.8) is 0 Å². The summed E-state index contributed by atoms with van der Waals surface area (Å²) in [6, 6.07) is 17.4. The number of nitrogens with two attached hydrogens (primary N) is 1. The minimum Gasteiger partial charge on any atom is -0.383 e. The zero-order valence-electron chi connectivity index (χ0n) is 14.1. The summed E-state index contributed by atoms with van der Waals surface area (Å²) in [5.74, 6) is 0.992. The molecular formula is C21H15N5. The van der Waals surface area contributed by atoms with Crippen LogP contribution in [0.3, 0.4) is 0 Å². The molecular weight excluding hydrogens is 322 g/mol. The second-order valence-corrected chi connectivity index (χ2v) is 6.00. The third kappa shape index (κ3) is 2.64. The van der Waals surface area contributed by atoms with Crippen molar-refractivity contribution in [3.8, 4) is 28.6 Å². The van der Waals surface area contributed by atoms with Crippen molar-refractivity contribution in [1.29, 1.82) is 5.26 Å². The van der Waals surface area contributed by atoms with E-state index in [1.54, 1.807) is 18.5 Å². The van der Waals surface area contributed by atoms with E-state index in [0.29, 0.717) is 17.2 Å². The first-order valence-electron chi connectivity index (χ1n) is 8.15. The third-order valence-corrected chi connectivity index (χ3v) is 4.37. The normalized spacial score (nSPS) is 10.6. The lowest BCUT2D eigenvalue weighted by molar-refractivity contribution is 1.21. The minimum absolute atomic E-state index is 0.435. The van der Waals surface area contributed by atoms with Crippen molar-refractivity contribution in [1.82, 2.24) is 15.0 Å². The van der Waals surface area contributed by atoms with Crippen molar-refractivity contribution in [2.75, 3.05) is 5.73 Å². The summed E-state index contributed by atoms with van der Waals surface area (Å²) in [5, 5.41) is 9.97. The van der Waals surface area contributed by atoms with Crippen LogP contribution in [0.2, 0.25) is 0 Å². The van der Waals surface area contributed by atoms with Crippen molar-refractivity contribution >= 4 is 16.7 Å². The lowest BCUT2D eigenvalue weighted by atomic mass is 9.96. The third-order valence-electron chi connectivity index (χ3n) is 4.37. The summed E-state index contributed by atoms with van der Waals surface area (Å²) < 4.78 is 0. The van der Waals surface area contributed by atoms with Crippen LogP contribution in [0.5, 0.6) is 0 Å². The molecule has 0 saturated heterocycles. The van der Waals surface area contributed by atoms with E-state index in [4.69, 9.17) is 11.0 Å². The van der Waals surface area contributed by atoms with Crippen LogP contribution in [0.25, 0.3) is 33.4 Å². The molecule has 2 aromatic heterocycles. The number of fused-ring (bicyclic) bond motifs is 1. The van der Waals surface area contributed by atoms with Crippen molar-refractivity contribution in [3.05, 3.63) is 72.1 Å². The van der Waals surface area contributed by atoms with Gasteiger partial charge in [0.2, 0.25) is 0 Å². The Hall–Kier alpha value is -3.78. The highest BCUT2D eigenvalue weighted by Crippen LogP contribution is 2.33. The summed E-state index contributed by atoms with van der Waals surface area (Å²) in [7, 11) is 0. The van der Waals surface area contributed by atoms with Crippen LogP contribution in [-0.4, -0.2) is 15.0 Å². The van der Waals surface area contributed by atoms with E-state index in [1.165, 1.54) is 0 Å². The number of pyridine rings is 1. The molecule has 26 heavy (non-hydrogen) atoms. The summed E-state index contributed by atoms with van der Waals surface area (Å²) >= 11 is 0. The van der Waals surface area contributed by atoms with Crippen molar-refractivity contribution < 1.29 is 0 Å². The highest BCUT2D eigenvalue weighted by molar-refractivity contribution is 5.96. The fourth-order valence-electron chi connectivity index (χ4n) is 3.12. The SMILES string of the molecule is Cc1c(-c2cccc(C#N)c2)ccc2nc(-c3cccnc3)nc(N)c12. The van der Waals surface area contributed by atoms with Crippen LogP contribution >= 0.6 is 0 Å². The molecule has 2 aromatic carbocycles. The van der Waals surface area contributed by atoms with Crippen LogP contribution < -0.4 is 5.73 Å². The fourth-order valence-corrected chi connectivity index (χ4v) is 3.12. The minimum atomic E-state index is 0.435. The van der Waals surface area contributed by atoms with Gasteiger partial charge in [0.05, 0.1) is 17.1 Å². The molecule has 0 atom stereocenters. The Kier molecular flexibility index (Phi) is 3.79. The molecule has 5 nitrogen and oxygen atoms in total. The number of nitrogen functional groups attached to an aromatic ring is 1. The molecule has 0 saturated carbocycles. The predicted molar refractivity (Wildman–Crippen MR) is 102 cm³/mol. The van der Waals surface area contributed by atoms with Crippen LogP contribution in [0, 0.1) is 18.3 Å². The van der Waals surface area contributed by atoms with E-state index in [0.717, 1.165) is 33.2 Å². The van der Waals surface area contributed by atoms with Gasteiger partial charge in [0.25, 0.3) is 0 Å². The van der Waals surface area contributed by atoms with Crippen LogP contribution in [-0.2, 0) is 0 Å². The van der Waals surface area contributed by atoms with Crippen molar-refractivity contribution in [2.45, 2.75) is 6.92 Å². The van der Waals surface area contributed by atoms with E-state index < -0.39 is 0 Å². The molecule has 0 spiro atoms. The number of rotatable bonds is 2. The number of nitriles is 1. The number of nitrogens with zero attached hydrogens (tertiary/aromatic N) is 4. The fraction of sp³-hybridized carbons (Fsp3) is 0.0476. The van der Waals surface area contributed by atoms with Gasteiger partial charge < -0.3 is 5.73 Å². The van der Waals surface area contributed by atoms with E-state index in [2.05, 4.69) is 21.0 Å². The molecule has 0 amide bonds. The Balaban J connectivity index is 1.91. The lowest BCUT2D eigenvalue weighted by Crippen LogP contribution is -2.00. The van der Waals surface area contributed by atoms with Gasteiger partial charge in [0, 0.05) is 23.3 Å². The van der Waals surface area contributed by atoms with E-state index in [-0.39, 0.29) is 0 Å². The highest BCUT2D eigenvalue weighted by Gasteiger charge is 2.13. The monoisotopic (exact) mass is 337 g/mol. The smallest absolute Gasteiger partial charge is 0.163 e. The van der Waals surface area contributed by atoms with E-state index >= 15 is 0 Å². The largest absolute Gasteiger partial charge is 0.383 e. The number of hydrogen-bond acceptors (Lipinski definition) is 5. The average Bonchev–Trinajstić information content (AvgIpc) is 2.68. The second-order valence-electron chi connectivity index (χ2n) is 6.00. The Morgan fingerprint density at radius 1 is 1.00 bits per heavy atom. The molecule has 5 heteroatoms. The maximum absolute atomic E-state index is 9.14. The Labute approximate surface area is 150 Å². The summed E-state index contributed by atoms with van der Waals surface area (Å²) in [6.45, 7) is 2.00. The van der Waals surface area contributed by atoms with Gasteiger partial charge in [-0.1, -0.05) is 18.2 Å². The molecule has 0 aliphatic heterocycles. The Morgan fingerprint density at radius 3 is 2.62 bits per heavy atom. The first kappa shape index (κ1) is 15.7. The van der Waals surface area contributed by atoms with E-state index in [1.807, 2.05) is 49.4 Å². The van der Waals surface area contributed by atoms with Crippen LogP contribution in [0.1, 0.15) is 11.1 Å². The van der Waals surface area contributed by atoms with Crippen LogP contribution in [0.15, 0.2) is 60.9 Å². The van der Waals surface area contributed by atoms with Crippen LogP contribution in [0.4, 0.5) is 5.82 Å². The van der Waals surface area contributed by atoms with Gasteiger partial charge in [-0.05, 0) is 53.9 Å². The molecule has 124 valence electrons. The highest BCUT2D eigenvalue weighted by atomic mass is 14.9. The molecule has 0 bridgehead atoms. The maximum atomic E-state index is 9.14. The first-order valence-corrected chi connectivity index (χ1v) is 8.15.